The molecule has 0 saturated heterocycles. The topological polar surface area (TPSA) is 0 Å². The van der Waals surface area contributed by atoms with E-state index in [9.17, 15) is 0 Å². The summed E-state index contributed by atoms with van der Waals surface area (Å²) in [7, 11) is 0. The minimum atomic E-state index is -2.35. The molecule has 0 aromatic heterocycles. The third kappa shape index (κ3) is 6.75. The number of benzene rings is 2. The van der Waals surface area contributed by atoms with Gasteiger partial charge in [-0.25, -0.2) is 0 Å². The van der Waals surface area contributed by atoms with Gasteiger partial charge in [0.2, 0.25) is 0 Å². The zero-order valence-electron chi connectivity index (χ0n) is 27.0. The quantitative estimate of drug-likeness (QED) is 0.419. The Kier molecular flexibility index (Phi) is 11.1. The molecule has 0 bridgehead atoms. The summed E-state index contributed by atoms with van der Waals surface area (Å²) in [5.74, 6) is 1.77. The van der Waals surface area contributed by atoms with Gasteiger partial charge in [0.15, 0.2) is 0 Å². The zero-order chi connectivity index (χ0) is 28.1. The first kappa shape index (κ1) is 34.1. The summed E-state index contributed by atoms with van der Waals surface area (Å²) < 4.78 is 4.68. The maximum atomic E-state index is 2.68. The zero-order valence-corrected chi connectivity index (χ0v) is 30.9. The second-order valence-corrected chi connectivity index (χ2v) is 21.9. The summed E-state index contributed by atoms with van der Waals surface area (Å²) in [6, 6.07) is 15.3. The van der Waals surface area contributed by atoms with Gasteiger partial charge in [0.25, 0.3) is 0 Å². The average Bonchev–Trinajstić information content (AvgIpc) is 3.58. The molecule has 0 heterocycles. The van der Waals surface area contributed by atoms with Gasteiger partial charge in [0, 0.05) is 0 Å². The second-order valence-electron chi connectivity index (χ2n) is 15.4. The number of halogens is 2. The van der Waals surface area contributed by atoms with E-state index in [1.165, 1.54) is 81.8 Å². The maximum absolute atomic E-state index is 2.68. The van der Waals surface area contributed by atoms with Crippen molar-refractivity contribution in [1.29, 1.82) is 0 Å². The van der Waals surface area contributed by atoms with Gasteiger partial charge < -0.3 is 24.8 Å². The largest absolute Gasteiger partial charge is 1.00 e. The Morgan fingerprint density at radius 1 is 0.643 bits per heavy atom. The van der Waals surface area contributed by atoms with Crippen LogP contribution in [0.3, 0.4) is 0 Å². The molecule has 0 spiro atoms. The SMILES string of the molecule is CC(C)(C)c1ccc2c(c1)[CH]([Zr+2]([C]1=CC=CC1)=[C](C1CCCCC1)C1CCCCC1)c1cc(C(C)(C)C)ccc1-2.[Cl-].[Cl-]. The number of rotatable bonds is 4. The van der Waals surface area contributed by atoms with Crippen LogP contribution in [-0.4, -0.2) is 3.21 Å². The third-order valence-corrected chi connectivity index (χ3v) is 19.7. The van der Waals surface area contributed by atoms with Crippen molar-refractivity contribution in [2.24, 2.45) is 11.8 Å². The standard InChI is InChI=1S/C21H25.C13H22.C5H5.2ClH.Zr/c1-20(2,3)16-7-9-18-14(12-16)11-15-13-17(21(4,5)6)8-10-19(15)18;1-3-7-12(8-4-1)11-13-9-5-2-6-10-13;1-2-4-5-3-1;;;/h7-13H,1-6H3;12-13H,1-10H2;1-3H,4H2;2*1H;/q;;;;;+2/p-2. The van der Waals surface area contributed by atoms with Crippen LogP contribution in [0.1, 0.15) is 138 Å². The third-order valence-electron chi connectivity index (χ3n) is 10.6. The van der Waals surface area contributed by atoms with E-state index in [0.717, 1.165) is 11.8 Å². The van der Waals surface area contributed by atoms with Crippen LogP contribution < -0.4 is 24.8 Å². The van der Waals surface area contributed by atoms with Crippen molar-refractivity contribution in [3.63, 3.8) is 0 Å². The molecule has 6 rings (SSSR count). The molecule has 0 amide bonds. The van der Waals surface area contributed by atoms with Gasteiger partial charge in [-0.2, -0.15) is 0 Å². The summed E-state index contributed by atoms with van der Waals surface area (Å²) >= 11 is -2.35. The summed E-state index contributed by atoms with van der Waals surface area (Å²) in [6.45, 7) is 14.4. The predicted molar refractivity (Wildman–Crippen MR) is 171 cm³/mol. The van der Waals surface area contributed by atoms with Gasteiger partial charge in [0.05, 0.1) is 0 Å². The molecule has 2 fully saturated rings. The molecular weight excluding hydrogens is 631 g/mol. The van der Waals surface area contributed by atoms with Crippen LogP contribution in [0.2, 0.25) is 0 Å². The van der Waals surface area contributed by atoms with E-state index in [1.54, 1.807) is 22.3 Å². The van der Waals surface area contributed by atoms with Gasteiger partial charge in [-0.15, -0.1) is 0 Å². The van der Waals surface area contributed by atoms with E-state index >= 15 is 0 Å². The van der Waals surface area contributed by atoms with Crippen molar-refractivity contribution < 1.29 is 46.1 Å². The van der Waals surface area contributed by atoms with Crippen molar-refractivity contribution in [1.82, 2.24) is 0 Å². The van der Waals surface area contributed by atoms with Gasteiger partial charge in [-0.3, -0.25) is 0 Å². The molecule has 4 aliphatic carbocycles. The van der Waals surface area contributed by atoms with Crippen LogP contribution in [0.5, 0.6) is 0 Å². The number of hydrogen-bond donors (Lipinski definition) is 0. The molecule has 2 aromatic rings. The molecule has 0 nitrogen and oxygen atoms in total. The van der Waals surface area contributed by atoms with Gasteiger partial charge in [0.1, 0.15) is 0 Å². The van der Waals surface area contributed by atoms with Crippen molar-refractivity contribution in [2.45, 2.75) is 127 Å². The smallest absolute Gasteiger partial charge is 1.00 e. The van der Waals surface area contributed by atoms with Crippen molar-refractivity contribution in [2.75, 3.05) is 0 Å². The molecule has 3 heteroatoms. The number of fused-ring (bicyclic) bond motifs is 3. The van der Waals surface area contributed by atoms with E-state index < -0.39 is 21.3 Å². The van der Waals surface area contributed by atoms with Crippen molar-refractivity contribution in [3.05, 3.63) is 80.2 Å². The van der Waals surface area contributed by atoms with E-state index in [-0.39, 0.29) is 35.6 Å². The molecule has 226 valence electrons. The number of allylic oxidation sites excluding steroid dienone is 4. The summed E-state index contributed by atoms with van der Waals surface area (Å²) in [5, 5.41) is 0. The van der Waals surface area contributed by atoms with Crippen LogP contribution in [-0.2, 0) is 32.1 Å². The fourth-order valence-corrected chi connectivity index (χ4v) is 18.7. The Hall–Kier alpha value is -0.747. The molecule has 0 unspecified atom stereocenters. The molecule has 0 radical (unpaired) electrons. The summed E-state index contributed by atoms with van der Waals surface area (Å²) in [5.41, 5.74) is 9.84. The Bertz CT molecular complexity index is 1270. The molecule has 2 aromatic carbocycles. The molecule has 0 aliphatic heterocycles. The predicted octanol–water partition coefficient (Wildman–Crippen LogP) is 5.15. The molecular formula is C39H52Cl2Zr. The van der Waals surface area contributed by atoms with Gasteiger partial charge >= 0.3 is 254 Å². The van der Waals surface area contributed by atoms with Crippen molar-refractivity contribution in [3.8, 4) is 11.1 Å². The van der Waals surface area contributed by atoms with E-state index in [2.05, 4.69) is 99.4 Å². The van der Waals surface area contributed by atoms with Crippen LogP contribution in [0.4, 0.5) is 0 Å². The Morgan fingerprint density at radius 2 is 1.10 bits per heavy atom. The van der Waals surface area contributed by atoms with E-state index in [1.807, 2.05) is 3.28 Å². The Balaban J connectivity index is 0.00000202. The van der Waals surface area contributed by atoms with E-state index in [4.69, 9.17) is 0 Å². The fourth-order valence-electron chi connectivity index (χ4n) is 8.29. The number of hydrogen-bond acceptors (Lipinski definition) is 0. The fraction of sp³-hybridized carbons (Fsp3) is 0.564. The van der Waals surface area contributed by atoms with Crippen LogP contribution >= 0.6 is 0 Å². The molecule has 0 N–H and O–H groups in total. The summed E-state index contributed by atoms with van der Waals surface area (Å²) in [4.78, 5) is 0. The first-order chi connectivity index (χ1) is 19.1. The maximum Gasteiger partial charge on any atom is -1.00 e. The minimum absolute atomic E-state index is 0. The minimum Gasteiger partial charge on any atom is -1.00 e. The Morgan fingerprint density at radius 3 is 1.48 bits per heavy atom. The van der Waals surface area contributed by atoms with Crippen LogP contribution in [0, 0.1) is 11.8 Å². The molecule has 42 heavy (non-hydrogen) atoms. The van der Waals surface area contributed by atoms with Crippen LogP contribution in [0.25, 0.3) is 11.1 Å². The van der Waals surface area contributed by atoms with Gasteiger partial charge in [-0.05, 0) is 0 Å². The van der Waals surface area contributed by atoms with Crippen molar-refractivity contribution >= 4 is 3.21 Å². The normalized spacial score (nSPS) is 19.2. The molecule has 4 aliphatic rings. The Labute approximate surface area is 277 Å². The first-order valence-corrected chi connectivity index (χ1v) is 20.4. The summed E-state index contributed by atoms with van der Waals surface area (Å²) in [6.07, 6.45) is 23.3. The van der Waals surface area contributed by atoms with E-state index in [0.29, 0.717) is 3.63 Å². The molecule has 0 atom stereocenters. The first-order valence-electron chi connectivity index (χ1n) is 16.5. The average molecular weight is 683 g/mol. The van der Waals surface area contributed by atoms with Crippen LogP contribution in [0.15, 0.2) is 57.9 Å². The van der Waals surface area contributed by atoms with Gasteiger partial charge in [-0.1, -0.05) is 0 Å². The molecule has 2 saturated carbocycles. The second kappa shape index (κ2) is 13.7. The monoisotopic (exact) mass is 680 g/mol.